The number of pyridine rings is 1. The summed E-state index contributed by atoms with van der Waals surface area (Å²) in [5, 5.41) is 11.1. The number of aryl methyl sites for hydroxylation is 1. The smallest absolute Gasteiger partial charge is 0.303 e. The molecule has 2 heterocycles. The molecule has 0 unspecified atom stereocenters. The standard InChI is InChI=1S/C23H19ClN2O4S/c24-19-8-10-21-18(14-19)15-20(9-11-22(27)28)26(21)31(29,30)13-3-7-17-5-1-4-16-6-2-12-25-23(16)17/h1-8,10,12,14-15H,9,11,13H2,(H,27,28). The van der Waals surface area contributed by atoms with Crippen LogP contribution in [0.1, 0.15) is 17.7 Å². The Morgan fingerprint density at radius 3 is 2.71 bits per heavy atom. The maximum Gasteiger partial charge on any atom is 0.303 e. The Balaban J connectivity index is 1.70. The van der Waals surface area contributed by atoms with Crippen LogP contribution in [0.25, 0.3) is 27.9 Å². The van der Waals surface area contributed by atoms with E-state index in [0.717, 1.165) is 16.5 Å². The summed E-state index contributed by atoms with van der Waals surface area (Å²) in [6.07, 6.45) is 4.95. The lowest BCUT2D eigenvalue weighted by atomic mass is 10.1. The molecular formula is C23H19ClN2O4S. The normalized spacial score (nSPS) is 12.2. The molecule has 0 amide bonds. The Morgan fingerprint density at radius 2 is 1.90 bits per heavy atom. The third-order valence-corrected chi connectivity index (χ3v) is 6.77. The number of fused-ring (bicyclic) bond motifs is 2. The van der Waals surface area contributed by atoms with Crippen LogP contribution in [0.4, 0.5) is 0 Å². The molecule has 0 spiro atoms. The fourth-order valence-corrected chi connectivity index (χ4v) is 5.23. The molecule has 0 radical (unpaired) electrons. The average molecular weight is 455 g/mol. The van der Waals surface area contributed by atoms with Crippen LogP contribution in [0.15, 0.2) is 66.9 Å². The third kappa shape index (κ3) is 4.47. The van der Waals surface area contributed by atoms with Gasteiger partial charge in [-0.15, -0.1) is 0 Å². The lowest BCUT2D eigenvalue weighted by Gasteiger charge is -2.10. The first-order chi connectivity index (χ1) is 14.8. The lowest BCUT2D eigenvalue weighted by molar-refractivity contribution is -0.136. The Morgan fingerprint density at radius 1 is 1.10 bits per heavy atom. The van der Waals surface area contributed by atoms with Crippen LogP contribution in [-0.4, -0.2) is 34.2 Å². The van der Waals surface area contributed by atoms with E-state index in [1.807, 2.05) is 30.3 Å². The molecular weight excluding hydrogens is 436 g/mol. The van der Waals surface area contributed by atoms with Crippen LogP contribution in [0.3, 0.4) is 0 Å². The molecule has 6 nitrogen and oxygen atoms in total. The van der Waals surface area contributed by atoms with Gasteiger partial charge in [-0.1, -0.05) is 48.0 Å². The van der Waals surface area contributed by atoms with E-state index in [0.29, 0.717) is 21.6 Å². The van der Waals surface area contributed by atoms with Crippen LogP contribution >= 0.6 is 11.6 Å². The van der Waals surface area contributed by atoms with Gasteiger partial charge in [-0.2, -0.15) is 0 Å². The van der Waals surface area contributed by atoms with E-state index in [1.54, 1.807) is 42.6 Å². The summed E-state index contributed by atoms with van der Waals surface area (Å²) in [5.74, 6) is -1.24. The van der Waals surface area contributed by atoms with Gasteiger partial charge in [-0.25, -0.2) is 12.4 Å². The summed E-state index contributed by atoms with van der Waals surface area (Å²) >= 11 is 6.05. The number of hydrogen-bond donors (Lipinski definition) is 1. The Kier molecular flexibility index (Phi) is 5.80. The molecule has 0 saturated heterocycles. The largest absolute Gasteiger partial charge is 0.481 e. The van der Waals surface area contributed by atoms with Crippen LogP contribution in [0, 0.1) is 0 Å². The molecule has 1 N–H and O–H groups in total. The number of para-hydroxylation sites is 1. The van der Waals surface area contributed by atoms with Crippen molar-refractivity contribution < 1.29 is 18.3 Å². The molecule has 0 aliphatic rings. The van der Waals surface area contributed by atoms with Crippen LogP contribution in [0.5, 0.6) is 0 Å². The van der Waals surface area contributed by atoms with Gasteiger partial charge < -0.3 is 5.11 Å². The van der Waals surface area contributed by atoms with Crippen molar-refractivity contribution in [2.24, 2.45) is 0 Å². The van der Waals surface area contributed by atoms with Crippen LogP contribution < -0.4 is 0 Å². The van der Waals surface area contributed by atoms with Gasteiger partial charge in [0, 0.05) is 33.2 Å². The van der Waals surface area contributed by atoms with Gasteiger partial charge >= 0.3 is 5.97 Å². The fraction of sp³-hybridized carbons (Fsp3) is 0.130. The second-order valence-corrected chi connectivity index (χ2v) is 9.40. The number of rotatable bonds is 7. The Bertz CT molecular complexity index is 1420. The lowest BCUT2D eigenvalue weighted by Crippen LogP contribution is -2.18. The van der Waals surface area contributed by atoms with Crippen LogP contribution in [0.2, 0.25) is 5.02 Å². The molecule has 2 aromatic heterocycles. The summed E-state index contributed by atoms with van der Waals surface area (Å²) in [6, 6.07) is 16.1. The number of benzene rings is 2. The Hall–Kier alpha value is -3.16. The highest BCUT2D eigenvalue weighted by atomic mass is 35.5. The third-order valence-electron chi connectivity index (χ3n) is 4.93. The van der Waals surface area contributed by atoms with Crippen molar-refractivity contribution in [3.8, 4) is 0 Å². The second kappa shape index (κ2) is 8.53. The fourth-order valence-electron chi connectivity index (χ4n) is 3.59. The molecule has 4 rings (SSSR count). The predicted octanol–water partition coefficient (Wildman–Crippen LogP) is 4.75. The highest BCUT2D eigenvalue weighted by molar-refractivity contribution is 7.90. The molecule has 0 bridgehead atoms. The van der Waals surface area contributed by atoms with E-state index in [9.17, 15) is 13.2 Å². The number of nitrogens with zero attached hydrogens (tertiary/aromatic N) is 2. The number of carboxylic acid groups (broad SMARTS) is 1. The highest BCUT2D eigenvalue weighted by Crippen LogP contribution is 2.26. The van der Waals surface area contributed by atoms with Gasteiger partial charge in [0.1, 0.15) is 0 Å². The second-order valence-electron chi connectivity index (χ2n) is 7.10. The summed E-state index contributed by atoms with van der Waals surface area (Å²) in [6.45, 7) is 0. The molecule has 4 aromatic rings. The van der Waals surface area contributed by atoms with Gasteiger partial charge in [0.25, 0.3) is 0 Å². The van der Waals surface area contributed by atoms with E-state index in [1.165, 1.54) is 3.97 Å². The van der Waals surface area contributed by atoms with Gasteiger partial charge in [0.15, 0.2) is 0 Å². The van der Waals surface area contributed by atoms with Crippen molar-refractivity contribution in [2.75, 3.05) is 5.75 Å². The SMILES string of the molecule is O=C(O)CCc1cc2cc(Cl)ccc2n1S(=O)(=O)CC=Cc1cccc2cccnc12. The predicted molar refractivity (Wildman–Crippen MR) is 123 cm³/mol. The van der Waals surface area contributed by atoms with Crippen molar-refractivity contribution in [1.82, 2.24) is 8.96 Å². The zero-order chi connectivity index (χ0) is 22.0. The maximum atomic E-state index is 13.2. The maximum absolute atomic E-state index is 13.2. The molecule has 0 aliphatic carbocycles. The topological polar surface area (TPSA) is 89.3 Å². The van der Waals surface area contributed by atoms with E-state index in [4.69, 9.17) is 16.7 Å². The quantitative estimate of drug-likeness (QED) is 0.435. The van der Waals surface area contributed by atoms with E-state index < -0.39 is 16.0 Å². The summed E-state index contributed by atoms with van der Waals surface area (Å²) in [4.78, 5) is 15.4. The number of halogens is 1. The van der Waals surface area contributed by atoms with Gasteiger partial charge in [-0.3, -0.25) is 9.78 Å². The molecule has 0 aliphatic heterocycles. The first kappa shape index (κ1) is 21.1. The molecule has 8 heteroatoms. The van der Waals surface area contributed by atoms with Crippen molar-refractivity contribution in [2.45, 2.75) is 12.8 Å². The monoisotopic (exact) mass is 454 g/mol. The van der Waals surface area contributed by atoms with Crippen molar-refractivity contribution >= 4 is 55.5 Å². The van der Waals surface area contributed by atoms with Gasteiger partial charge in [-0.05, 0) is 36.8 Å². The zero-order valence-electron chi connectivity index (χ0n) is 16.4. The van der Waals surface area contributed by atoms with Crippen molar-refractivity contribution in [1.29, 1.82) is 0 Å². The van der Waals surface area contributed by atoms with Crippen molar-refractivity contribution in [3.63, 3.8) is 0 Å². The first-order valence-corrected chi connectivity index (χ1v) is 11.6. The van der Waals surface area contributed by atoms with E-state index in [-0.39, 0.29) is 18.6 Å². The minimum Gasteiger partial charge on any atom is -0.481 e. The number of carboxylic acids is 1. The van der Waals surface area contributed by atoms with E-state index >= 15 is 0 Å². The molecule has 0 saturated carbocycles. The van der Waals surface area contributed by atoms with Gasteiger partial charge in [0.2, 0.25) is 10.0 Å². The number of aliphatic carboxylic acids is 1. The minimum absolute atomic E-state index is 0.0951. The summed E-state index contributed by atoms with van der Waals surface area (Å²) in [7, 11) is -3.78. The molecule has 158 valence electrons. The highest BCUT2D eigenvalue weighted by Gasteiger charge is 2.20. The summed E-state index contributed by atoms with van der Waals surface area (Å²) < 4.78 is 27.7. The van der Waals surface area contributed by atoms with Crippen molar-refractivity contribution in [3.05, 3.63) is 83.2 Å². The molecule has 2 aromatic carbocycles. The molecule has 0 fully saturated rings. The molecule has 0 atom stereocenters. The first-order valence-electron chi connectivity index (χ1n) is 9.60. The zero-order valence-corrected chi connectivity index (χ0v) is 18.0. The number of carbonyl (C=O) groups is 1. The number of hydrogen-bond acceptors (Lipinski definition) is 4. The van der Waals surface area contributed by atoms with Gasteiger partial charge in [0.05, 0.1) is 23.2 Å². The average Bonchev–Trinajstić information content (AvgIpc) is 3.10. The minimum atomic E-state index is -3.78. The van der Waals surface area contributed by atoms with Crippen LogP contribution in [-0.2, 0) is 21.2 Å². The molecule has 31 heavy (non-hydrogen) atoms. The Labute approximate surface area is 184 Å². The van der Waals surface area contributed by atoms with E-state index in [2.05, 4.69) is 4.98 Å². The summed E-state index contributed by atoms with van der Waals surface area (Å²) in [5.41, 5.74) is 2.51. The number of aromatic nitrogens is 2.